The van der Waals surface area contributed by atoms with E-state index in [9.17, 15) is 0 Å². The fourth-order valence-corrected chi connectivity index (χ4v) is 3.36. The highest BCUT2D eigenvalue weighted by atomic mass is 16.5. The Morgan fingerprint density at radius 2 is 1.84 bits per heavy atom. The molecule has 2 saturated carbocycles. The first-order valence-corrected chi connectivity index (χ1v) is 8.58. The molecular formula is C17H33NO. The van der Waals surface area contributed by atoms with E-state index in [4.69, 9.17) is 4.74 Å². The number of nitrogens with one attached hydrogen (secondary N) is 1. The van der Waals surface area contributed by atoms with Gasteiger partial charge in [-0.05, 0) is 57.8 Å². The SMILES string of the molecule is CCCC1CCC(CNC2CC2)(OC(C)CC)CC1. The molecule has 0 saturated heterocycles. The molecular weight excluding hydrogens is 234 g/mol. The molecule has 0 radical (unpaired) electrons. The van der Waals surface area contributed by atoms with E-state index >= 15 is 0 Å². The van der Waals surface area contributed by atoms with Crippen molar-refractivity contribution in [3.8, 4) is 0 Å². The summed E-state index contributed by atoms with van der Waals surface area (Å²) in [6.07, 6.45) is 12.3. The van der Waals surface area contributed by atoms with Crippen LogP contribution in [0.1, 0.15) is 78.6 Å². The highest BCUT2D eigenvalue weighted by Crippen LogP contribution is 2.38. The first kappa shape index (κ1) is 15.3. The average Bonchev–Trinajstić information content (AvgIpc) is 3.24. The minimum atomic E-state index is 0.141. The Labute approximate surface area is 119 Å². The van der Waals surface area contributed by atoms with Crippen LogP contribution < -0.4 is 5.32 Å². The molecule has 2 aliphatic rings. The number of hydrogen-bond acceptors (Lipinski definition) is 2. The summed E-state index contributed by atoms with van der Waals surface area (Å²) in [4.78, 5) is 0. The second kappa shape index (κ2) is 7.08. The Morgan fingerprint density at radius 3 is 2.37 bits per heavy atom. The summed E-state index contributed by atoms with van der Waals surface area (Å²) in [5.41, 5.74) is 0.141. The van der Waals surface area contributed by atoms with Crippen molar-refractivity contribution in [2.75, 3.05) is 6.54 Å². The average molecular weight is 267 g/mol. The van der Waals surface area contributed by atoms with E-state index in [0.29, 0.717) is 6.10 Å². The molecule has 2 aliphatic carbocycles. The predicted octanol–water partition coefficient (Wildman–Crippen LogP) is 4.28. The maximum atomic E-state index is 6.47. The van der Waals surface area contributed by atoms with Crippen LogP contribution in [0.25, 0.3) is 0 Å². The Morgan fingerprint density at radius 1 is 1.16 bits per heavy atom. The molecule has 2 heteroatoms. The summed E-state index contributed by atoms with van der Waals surface area (Å²) in [6, 6.07) is 0.797. The van der Waals surface area contributed by atoms with E-state index in [0.717, 1.165) is 24.9 Å². The van der Waals surface area contributed by atoms with Gasteiger partial charge in [0.15, 0.2) is 0 Å². The van der Waals surface area contributed by atoms with Crippen LogP contribution in [0.3, 0.4) is 0 Å². The monoisotopic (exact) mass is 267 g/mol. The van der Waals surface area contributed by atoms with Crippen LogP contribution in [0.5, 0.6) is 0 Å². The van der Waals surface area contributed by atoms with Crippen molar-refractivity contribution in [2.24, 2.45) is 5.92 Å². The zero-order valence-corrected chi connectivity index (χ0v) is 13.2. The lowest BCUT2D eigenvalue weighted by Crippen LogP contribution is -2.48. The summed E-state index contributed by atoms with van der Waals surface area (Å²) >= 11 is 0. The molecule has 2 nitrogen and oxygen atoms in total. The zero-order valence-electron chi connectivity index (χ0n) is 13.2. The second-order valence-electron chi connectivity index (χ2n) is 6.91. The Balaban J connectivity index is 1.86. The van der Waals surface area contributed by atoms with Gasteiger partial charge in [-0.2, -0.15) is 0 Å². The number of ether oxygens (including phenoxy) is 1. The van der Waals surface area contributed by atoms with Crippen molar-refractivity contribution >= 4 is 0 Å². The third-order valence-corrected chi connectivity index (χ3v) is 5.03. The van der Waals surface area contributed by atoms with Crippen LogP contribution in [-0.2, 0) is 4.74 Å². The molecule has 0 amide bonds. The Bertz CT molecular complexity index is 254. The summed E-state index contributed by atoms with van der Waals surface area (Å²) in [5.74, 6) is 0.958. The summed E-state index contributed by atoms with van der Waals surface area (Å²) in [7, 11) is 0. The first-order chi connectivity index (χ1) is 9.17. The van der Waals surface area contributed by atoms with Gasteiger partial charge in [-0.3, -0.25) is 0 Å². The molecule has 1 N–H and O–H groups in total. The lowest BCUT2D eigenvalue weighted by molar-refractivity contribution is -0.113. The molecule has 19 heavy (non-hydrogen) atoms. The van der Waals surface area contributed by atoms with E-state index < -0.39 is 0 Å². The maximum Gasteiger partial charge on any atom is 0.0810 e. The Hall–Kier alpha value is -0.0800. The molecule has 0 aromatic heterocycles. The summed E-state index contributed by atoms with van der Waals surface area (Å²) < 4.78 is 6.47. The summed E-state index contributed by atoms with van der Waals surface area (Å²) in [5, 5.41) is 3.72. The van der Waals surface area contributed by atoms with Crippen molar-refractivity contribution in [1.82, 2.24) is 5.32 Å². The molecule has 2 rings (SSSR count). The zero-order chi connectivity index (χ0) is 13.7. The molecule has 0 spiro atoms. The third-order valence-electron chi connectivity index (χ3n) is 5.03. The fourth-order valence-electron chi connectivity index (χ4n) is 3.36. The van der Waals surface area contributed by atoms with Gasteiger partial charge in [0.25, 0.3) is 0 Å². The molecule has 1 unspecified atom stereocenters. The highest BCUT2D eigenvalue weighted by molar-refractivity contribution is 4.93. The topological polar surface area (TPSA) is 21.3 Å². The Kier molecular flexibility index (Phi) is 5.70. The van der Waals surface area contributed by atoms with Gasteiger partial charge in [-0.25, -0.2) is 0 Å². The molecule has 1 atom stereocenters. The van der Waals surface area contributed by atoms with Gasteiger partial charge >= 0.3 is 0 Å². The molecule has 2 fully saturated rings. The molecule has 112 valence electrons. The van der Waals surface area contributed by atoms with E-state index in [-0.39, 0.29) is 5.60 Å². The van der Waals surface area contributed by atoms with Crippen molar-refractivity contribution in [2.45, 2.75) is 96.3 Å². The van der Waals surface area contributed by atoms with Gasteiger partial charge in [0, 0.05) is 12.6 Å². The first-order valence-electron chi connectivity index (χ1n) is 8.58. The van der Waals surface area contributed by atoms with Crippen molar-refractivity contribution in [1.29, 1.82) is 0 Å². The minimum absolute atomic E-state index is 0.141. The van der Waals surface area contributed by atoms with Gasteiger partial charge in [-0.1, -0.05) is 26.7 Å². The van der Waals surface area contributed by atoms with Crippen LogP contribution in [0, 0.1) is 5.92 Å². The molecule has 0 aromatic rings. The lowest BCUT2D eigenvalue weighted by atomic mass is 9.77. The van der Waals surface area contributed by atoms with Gasteiger partial charge in [-0.15, -0.1) is 0 Å². The molecule has 0 bridgehead atoms. The lowest BCUT2D eigenvalue weighted by Gasteiger charge is -2.42. The number of rotatable bonds is 8. The maximum absolute atomic E-state index is 6.47. The van der Waals surface area contributed by atoms with Crippen LogP contribution in [0.15, 0.2) is 0 Å². The van der Waals surface area contributed by atoms with Gasteiger partial charge in [0.1, 0.15) is 0 Å². The normalized spacial score (nSPS) is 33.3. The van der Waals surface area contributed by atoms with Crippen LogP contribution in [0.2, 0.25) is 0 Å². The van der Waals surface area contributed by atoms with E-state index in [1.54, 1.807) is 0 Å². The van der Waals surface area contributed by atoms with E-state index in [1.807, 2.05) is 0 Å². The van der Waals surface area contributed by atoms with Gasteiger partial charge in [0.2, 0.25) is 0 Å². The largest absolute Gasteiger partial charge is 0.371 e. The number of hydrogen-bond donors (Lipinski definition) is 1. The smallest absolute Gasteiger partial charge is 0.0810 e. The summed E-state index contributed by atoms with van der Waals surface area (Å²) in [6.45, 7) is 7.86. The van der Waals surface area contributed by atoms with Gasteiger partial charge < -0.3 is 10.1 Å². The van der Waals surface area contributed by atoms with Crippen LogP contribution in [0.4, 0.5) is 0 Å². The van der Waals surface area contributed by atoms with E-state index in [1.165, 1.54) is 51.4 Å². The van der Waals surface area contributed by atoms with Crippen molar-refractivity contribution in [3.05, 3.63) is 0 Å². The van der Waals surface area contributed by atoms with Gasteiger partial charge in [0.05, 0.1) is 11.7 Å². The highest BCUT2D eigenvalue weighted by Gasteiger charge is 2.38. The van der Waals surface area contributed by atoms with Crippen molar-refractivity contribution < 1.29 is 4.74 Å². The molecule has 0 aromatic carbocycles. The van der Waals surface area contributed by atoms with Crippen LogP contribution >= 0.6 is 0 Å². The third kappa shape index (κ3) is 4.75. The standard InChI is InChI=1S/C17H33NO/c1-4-6-15-9-11-17(12-10-15,19-14(3)5-2)13-18-16-7-8-16/h14-16,18H,4-13H2,1-3H3. The molecule has 0 aliphatic heterocycles. The second-order valence-corrected chi connectivity index (χ2v) is 6.91. The minimum Gasteiger partial charge on any atom is -0.371 e. The fraction of sp³-hybridized carbons (Fsp3) is 1.00. The van der Waals surface area contributed by atoms with Crippen LogP contribution in [-0.4, -0.2) is 24.3 Å². The van der Waals surface area contributed by atoms with E-state index in [2.05, 4.69) is 26.1 Å². The van der Waals surface area contributed by atoms with Crippen molar-refractivity contribution in [3.63, 3.8) is 0 Å². The molecule has 0 heterocycles. The predicted molar refractivity (Wildman–Crippen MR) is 81.5 cm³/mol. The quantitative estimate of drug-likeness (QED) is 0.708.